The summed E-state index contributed by atoms with van der Waals surface area (Å²) in [7, 11) is 0. The number of aldehydes is 1. The average Bonchev–Trinajstić information content (AvgIpc) is 1.34. The minimum absolute atomic E-state index is 0.324. The molecule has 0 bridgehead atoms. The molecule has 35 rings (SSSR count). The molecule has 0 aromatic heterocycles. The molecule has 396 valence electrons. The third-order valence-corrected chi connectivity index (χ3v) is 31.9. The smallest absolute Gasteiger partial charge is 0.128 e. The lowest BCUT2D eigenvalue weighted by molar-refractivity contribution is -0.113. The summed E-state index contributed by atoms with van der Waals surface area (Å²) in [4.78, 5) is 22.6. The topological polar surface area (TPSA) is 29.4 Å². The van der Waals surface area contributed by atoms with Crippen LogP contribution in [0.25, 0.3) is 259 Å². The highest BCUT2D eigenvalue weighted by Gasteiger charge is 2.99. The van der Waals surface area contributed by atoms with Crippen LogP contribution in [0.4, 0.5) is 5.69 Å². The van der Waals surface area contributed by atoms with Crippen molar-refractivity contribution in [3.05, 3.63) is 74.8 Å². The summed E-state index contributed by atoms with van der Waals surface area (Å²) in [5.41, 5.74) is 15.5. The zero-order chi connectivity index (χ0) is 54.5. The Kier molecular flexibility index (Phi) is 4.22. The van der Waals surface area contributed by atoms with Crippen molar-refractivity contribution < 1.29 is 4.79 Å². The van der Waals surface area contributed by atoms with Crippen LogP contribution in [-0.2, 0) is 26.5 Å². The summed E-state index contributed by atoms with van der Waals surface area (Å²) in [6, 6.07) is 11.2. The predicted octanol–water partition coefficient (Wildman–Crippen LogP) is 22.9. The first kappa shape index (κ1) is 38.5. The third-order valence-electron chi connectivity index (χ3n) is 31.9. The first-order valence-corrected chi connectivity index (χ1v) is 34.8. The maximum absolute atomic E-state index is 16.5. The molecule has 10 aliphatic carbocycles. The fraction of sp³-hybridized carbons (Fsp3) is 0.256. The maximum Gasteiger partial charge on any atom is 0.128 e. The first-order valence-electron chi connectivity index (χ1n) is 34.8. The number of hydrogen-bond donors (Lipinski definition) is 0. The molecule has 3 atom stereocenters. The highest BCUT2D eigenvalue weighted by atomic mass is 16.1. The molecule has 2 saturated carbocycles. The summed E-state index contributed by atoms with van der Waals surface area (Å²) < 4.78 is 0. The second-order valence-corrected chi connectivity index (χ2v) is 32.7. The standard InChI is InChI=1S/C86H41NO/c1-3-5-7-9-11-16-20-81(22-87-24-18-14-13-15-19-24)83-73-59-49-38-29-25-26-28-33-27(25)34-31-36(29)44(49)55-47-40(31)51-42(34)53-46(33)54-43-35(28)32-37-30(26)39(38)50-45(37)56-48-41(32)52(43)66-70-58(48)68(64(56)74(83)60(50)59)78-72-71-77(84(78,81)83)67(63(55)73)57(47)69-65(51)75-61(53)62(54)76(66)86(80(70)72)82(23-88,85(75,86)79(69)71)21-17-12-10-8-6-4-2/h13-15,18-19,22-23H,3-12,16-17,20-21H2,1-2H3. The zero-order valence-corrected chi connectivity index (χ0v) is 48.3. The molecule has 0 heterocycles. The number of para-hydroxylation sites is 1. The van der Waals surface area contributed by atoms with Crippen LogP contribution in [0.2, 0.25) is 0 Å². The summed E-state index contributed by atoms with van der Waals surface area (Å²) in [6.07, 6.45) is 21.7. The Morgan fingerprint density at radius 1 is 0.273 bits per heavy atom. The van der Waals surface area contributed by atoms with Gasteiger partial charge in [-0.25, -0.2) is 0 Å². The van der Waals surface area contributed by atoms with E-state index in [-0.39, 0.29) is 16.2 Å². The van der Waals surface area contributed by atoms with Crippen molar-refractivity contribution >= 4 is 266 Å². The van der Waals surface area contributed by atoms with E-state index < -0.39 is 16.2 Å². The number of hydrogen-bond acceptors (Lipinski definition) is 2. The van der Waals surface area contributed by atoms with E-state index in [4.69, 9.17) is 4.99 Å². The number of carbonyl (C=O) groups excluding carboxylic acids is 1. The molecule has 2 heteroatoms. The van der Waals surface area contributed by atoms with Gasteiger partial charge in [0.25, 0.3) is 0 Å². The molecule has 0 radical (unpaired) electrons. The lowest BCUT2D eigenvalue weighted by atomic mass is 9.66. The van der Waals surface area contributed by atoms with Crippen molar-refractivity contribution in [3.63, 3.8) is 0 Å². The molecular weight excluding hydrogens is 1060 g/mol. The highest BCUT2D eigenvalue weighted by Crippen LogP contribution is 3.02. The molecule has 0 amide bonds. The van der Waals surface area contributed by atoms with E-state index in [1.54, 1.807) is 310 Å². The average molecular weight is 1100 g/mol. The molecule has 0 N–H and O–H groups in total. The molecule has 2 nitrogen and oxygen atoms in total. The van der Waals surface area contributed by atoms with Gasteiger partial charge in [0.15, 0.2) is 0 Å². The Bertz CT molecular complexity index is 7540. The fourth-order valence-electron chi connectivity index (χ4n) is 31.4. The van der Waals surface area contributed by atoms with Crippen LogP contribution < -0.4 is 0 Å². The van der Waals surface area contributed by atoms with E-state index >= 15 is 4.79 Å². The number of carbonyl (C=O) groups is 1. The Balaban J connectivity index is 0.942. The molecule has 0 aliphatic heterocycles. The maximum atomic E-state index is 16.5. The number of aliphatic imine (C=N–C) groups is 1. The van der Waals surface area contributed by atoms with Gasteiger partial charge in [0, 0.05) is 22.5 Å². The Hall–Kier alpha value is -8.72. The summed E-state index contributed by atoms with van der Waals surface area (Å²) in [5.74, 6) is 0. The van der Waals surface area contributed by atoms with Gasteiger partial charge < -0.3 is 4.79 Å². The zero-order valence-electron chi connectivity index (χ0n) is 48.3. The number of unbranched alkanes of at least 4 members (excludes halogenated alkanes) is 10. The number of benzene rings is 17. The SMILES string of the molecule is CCCCCCCCC1(C=O)C23c4c5c6c7c8c9c%10c%11c%12c%13c%14c(c-5c5c%15c%16c(c%17c%18c2c2c4c7c4c8c7c%10c8c%10c%11c%11c%13c(c%14%15)c%13c%16c%14c%17c%15c%18c%16c2c4c2c7c8c4c(c%162)c%15c2c%14c%13c%11c%10c24)C513)C61C(C=Nc2ccccc2)(CCCCCCCC)C9%121. The molecule has 88 heavy (non-hydrogen) atoms. The van der Waals surface area contributed by atoms with Gasteiger partial charge in [0.1, 0.15) is 6.29 Å². The van der Waals surface area contributed by atoms with Gasteiger partial charge in [-0.1, -0.05) is 109 Å². The predicted molar refractivity (Wildman–Crippen MR) is 368 cm³/mol. The Labute approximate surface area is 494 Å². The quantitative estimate of drug-likeness (QED) is 0.0387. The van der Waals surface area contributed by atoms with Crippen molar-refractivity contribution in [2.45, 2.75) is 125 Å². The molecule has 0 saturated heterocycles. The molecule has 2 fully saturated rings. The van der Waals surface area contributed by atoms with Crippen LogP contribution in [0, 0.1) is 10.8 Å². The number of rotatable bonds is 17. The van der Waals surface area contributed by atoms with Crippen LogP contribution in [0.1, 0.15) is 148 Å². The van der Waals surface area contributed by atoms with Crippen LogP contribution in [-0.4, -0.2) is 12.5 Å². The van der Waals surface area contributed by atoms with E-state index in [9.17, 15) is 0 Å². The summed E-state index contributed by atoms with van der Waals surface area (Å²) in [6.45, 7) is 4.74. The molecular formula is C86H41NO. The van der Waals surface area contributed by atoms with Gasteiger partial charge >= 0.3 is 0 Å². The van der Waals surface area contributed by atoms with Gasteiger partial charge in [-0.05, 0) is 328 Å². The monoisotopic (exact) mass is 1100 g/mol. The highest BCUT2D eigenvalue weighted by molar-refractivity contribution is 6.79. The lowest BCUT2D eigenvalue weighted by Crippen LogP contribution is -2.28. The first-order chi connectivity index (χ1) is 43.7. The van der Waals surface area contributed by atoms with Crippen LogP contribution in [0.3, 0.4) is 0 Å². The number of nitrogens with zero attached hydrogens (tertiary/aromatic N) is 1. The van der Waals surface area contributed by atoms with Gasteiger partial charge in [0.05, 0.1) is 21.9 Å². The van der Waals surface area contributed by atoms with Crippen LogP contribution in [0.5, 0.6) is 0 Å². The normalized spacial score (nSPS) is 27.7. The van der Waals surface area contributed by atoms with Gasteiger partial charge in [-0.3, -0.25) is 4.99 Å². The minimum atomic E-state index is -0.611. The van der Waals surface area contributed by atoms with E-state index in [2.05, 4.69) is 50.4 Å². The molecule has 10 aliphatic rings. The van der Waals surface area contributed by atoms with Gasteiger partial charge in [-0.2, -0.15) is 0 Å². The summed E-state index contributed by atoms with van der Waals surface area (Å²) >= 11 is 0. The molecule has 4 spiro atoms. The molecule has 25 aromatic carbocycles. The lowest BCUT2D eigenvalue weighted by Gasteiger charge is -2.34. The summed E-state index contributed by atoms with van der Waals surface area (Å²) in [5, 5.41) is 75.6. The van der Waals surface area contributed by atoms with Crippen LogP contribution in [0.15, 0.2) is 35.3 Å². The van der Waals surface area contributed by atoms with E-state index in [1.165, 1.54) is 70.6 Å². The van der Waals surface area contributed by atoms with Crippen LogP contribution >= 0.6 is 0 Å². The Morgan fingerprint density at radius 2 is 0.500 bits per heavy atom. The molecule has 25 aromatic rings. The van der Waals surface area contributed by atoms with E-state index in [0.29, 0.717) is 0 Å². The second kappa shape index (κ2) is 9.63. The van der Waals surface area contributed by atoms with Gasteiger partial charge in [0.2, 0.25) is 0 Å². The minimum Gasteiger partial charge on any atom is -0.303 e. The second-order valence-electron chi connectivity index (χ2n) is 32.7. The van der Waals surface area contributed by atoms with Crippen molar-refractivity contribution in [1.29, 1.82) is 0 Å². The van der Waals surface area contributed by atoms with Crippen molar-refractivity contribution in [3.8, 4) is 11.1 Å². The largest absolute Gasteiger partial charge is 0.303 e. The van der Waals surface area contributed by atoms with Gasteiger partial charge in [-0.15, -0.1) is 0 Å². The van der Waals surface area contributed by atoms with Crippen molar-refractivity contribution in [1.82, 2.24) is 0 Å². The van der Waals surface area contributed by atoms with E-state index in [0.717, 1.165) is 24.9 Å². The van der Waals surface area contributed by atoms with Crippen molar-refractivity contribution in [2.24, 2.45) is 15.8 Å². The fourth-order valence-corrected chi connectivity index (χ4v) is 31.4. The van der Waals surface area contributed by atoms with Crippen molar-refractivity contribution in [2.75, 3.05) is 0 Å². The molecule has 3 unspecified atom stereocenters. The third kappa shape index (κ3) is 2.28. The Morgan fingerprint density at radius 3 is 0.795 bits per heavy atom. The van der Waals surface area contributed by atoms with E-state index in [1.807, 2.05) is 0 Å².